The number of rotatable bonds is 7. The lowest BCUT2D eigenvalue weighted by Gasteiger charge is -2.39. The van der Waals surface area contributed by atoms with Gasteiger partial charge in [0, 0.05) is 17.7 Å². The number of phenols is 3. The van der Waals surface area contributed by atoms with Gasteiger partial charge in [0.15, 0.2) is 11.5 Å². The molecule has 1 fully saturated rings. The highest BCUT2D eigenvalue weighted by atomic mass is 16.7. The third kappa shape index (κ3) is 5.30. The first-order valence-corrected chi connectivity index (χ1v) is 9.80. The number of carboxylic acids is 1. The van der Waals surface area contributed by atoms with Crippen molar-refractivity contribution >= 4 is 11.9 Å². The Labute approximate surface area is 191 Å². The van der Waals surface area contributed by atoms with Crippen LogP contribution in [-0.2, 0) is 16.0 Å². The Hall–Kier alpha value is -3.62. The highest BCUT2D eigenvalue weighted by molar-refractivity contribution is 5.92. The molecule has 3 rings (SSSR count). The number of ether oxygens (including phenoxy) is 3. The molecule has 0 unspecified atom stereocenters. The molecular weight excluding hydrogens is 460 g/mol. The quantitative estimate of drug-likeness (QED) is 0.132. The van der Waals surface area contributed by atoms with E-state index in [4.69, 9.17) is 19.3 Å². The number of carboxylic acid groups (broad SMARTS) is 1. The molecule has 13 heteroatoms. The molecule has 5 atom stereocenters. The van der Waals surface area contributed by atoms with Crippen LogP contribution in [0.5, 0.6) is 28.7 Å². The molecule has 0 amide bonds. The van der Waals surface area contributed by atoms with Crippen molar-refractivity contribution in [2.24, 2.45) is 0 Å². The summed E-state index contributed by atoms with van der Waals surface area (Å²) in [6.45, 7) is -0.712. The third-order valence-electron chi connectivity index (χ3n) is 5.00. The van der Waals surface area contributed by atoms with Crippen LogP contribution in [-0.4, -0.2) is 90.1 Å². The zero-order valence-corrected chi connectivity index (χ0v) is 17.3. The zero-order valence-electron chi connectivity index (χ0n) is 17.3. The van der Waals surface area contributed by atoms with Gasteiger partial charge < -0.3 is 55.1 Å². The minimum Gasteiger partial charge on any atom is -0.507 e. The van der Waals surface area contributed by atoms with Gasteiger partial charge in [0.2, 0.25) is 6.29 Å². The van der Waals surface area contributed by atoms with E-state index in [0.29, 0.717) is 0 Å². The van der Waals surface area contributed by atoms with E-state index in [0.717, 1.165) is 30.3 Å². The summed E-state index contributed by atoms with van der Waals surface area (Å²) in [5.74, 6) is -4.92. The van der Waals surface area contributed by atoms with E-state index >= 15 is 0 Å². The van der Waals surface area contributed by atoms with Gasteiger partial charge in [-0.3, -0.25) is 4.79 Å². The second-order valence-corrected chi connectivity index (χ2v) is 7.40. The molecule has 1 saturated heterocycles. The molecule has 0 spiro atoms. The first-order chi connectivity index (χ1) is 16.0. The van der Waals surface area contributed by atoms with Crippen LogP contribution in [0.15, 0.2) is 30.3 Å². The summed E-state index contributed by atoms with van der Waals surface area (Å²) in [5.41, 5.74) is -0.513. The number of aliphatic hydroxyl groups excluding tert-OH is 4. The topological polar surface area (TPSA) is 224 Å². The monoisotopic (exact) mass is 482 g/mol. The first-order valence-electron chi connectivity index (χ1n) is 9.80. The fourth-order valence-corrected chi connectivity index (χ4v) is 3.20. The summed E-state index contributed by atoms with van der Waals surface area (Å²) in [7, 11) is 0. The molecule has 184 valence electrons. The molecule has 8 N–H and O–H groups in total. The third-order valence-corrected chi connectivity index (χ3v) is 5.00. The second kappa shape index (κ2) is 10.1. The smallest absolute Gasteiger partial charge is 0.343 e. The SMILES string of the molecule is O=C(O)Cc1c(O)cc(O[C@@H]2O[C@H](CO)[C@@H](O)[C@H](O)[C@H]2O)cc1OC(=O)c1ccc(O)c(O)c1. The number of phenolic OH excluding ortho intramolecular Hbond substituents is 3. The Morgan fingerprint density at radius 2 is 1.62 bits per heavy atom. The largest absolute Gasteiger partial charge is 0.507 e. The van der Waals surface area contributed by atoms with Crippen molar-refractivity contribution in [2.45, 2.75) is 37.1 Å². The van der Waals surface area contributed by atoms with Crippen LogP contribution in [0.4, 0.5) is 0 Å². The molecule has 0 aliphatic carbocycles. The van der Waals surface area contributed by atoms with E-state index in [1.165, 1.54) is 0 Å². The number of hydrogen-bond acceptors (Lipinski definition) is 12. The molecule has 2 aromatic rings. The van der Waals surface area contributed by atoms with Crippen LogP contribution in [0.25, 0.3) is 0 Å². The Morgan fingerprint density at radius 1 is 0.912 bits per heavy atom. The molecule has 0 saturated carbocycles. The summed E-state index contributed by atoms with van der Waals surface area (Å²) in [4.78, 5) is 23.7. The molecule has 0 bridgehead atoms. The lowest BCUT2D eigenvalue weighted by Crippen LogP contribution is -2.60. The van der Waals surface area contributed by atoms with Gasteiger partial charge in [-0.05, 0) is 18.2 Å². The van der Waals surface area contributed by atoms with Crippen molar-refractivity contribution in [3.05, 3.63) is 41.5 Å². The Bertz CT molecular complexity index is 1070. The van der Waals surface area contributed by atoms with Gasteiger partial charge in [0.25, 0.3) is 0 Å². The average molecular weight is 482 g/mol. The minimum absolute atomic E-state index is 0.212. The summed E-state index contributed by atoms with van der Waals surface area (Å²) >= 11 is 0. The van der Waals surface area contributed by atoms with Crippen LogP contribution in [0.2, 0.25) is 0 Å². The van der Waals surface area contributed by atoms with E-state index in [9.17, 15) is 45.3 Å². The summed E-state index contributed by atoms with van der Waals surface area (Å²) < 4.78 is 15.8. The molecular formula is C21H22O13. The molecule has 1 aliphatic rings. The predicted molar refractivity (Wildman–Crippen MR) is 109 cm³/mol. The van der Waals surface area contributed by atoms with Crippen molar-refractivity contribution in [1.29, 1.82) is 0 Å². The van der Waals surface area contributed by atoms with Gasteiger partial charge in [0.1, 0.15) is 41.7 Å². The van der Waals surface area contributed by atoms with Gasteiger partial charge in [-0.25, -0.2) is 4.79 Å². The number of aliphatic hydroxyl groups is 4. The number of hydrogen-bond donors (Lipinski definition) is 8. The normalized spacial score (nSPS) is 24.4. The van der Waals surface area contributed by atoms with Crippen molar-refractivity contribution in [1.82, 2.24) is 0 Å². The van der Waals surface area contributed by atoms with Gasteiger partial charge in [-0.1, -0.05) is 0 Å². The minimum atomic E-state index is -1.77. The highest BCUT2D eigenvalue weighted by Gasteiger charge is 2.44. The number of esters is 1. The molecule has 34 heavy (non-hydrogen) atoms. The average Bonchev–Trinajstić information content (AvgIpc) is 2.78. The number of carbonyl (C=O) groups excluding carboxylic acids is 1. The molecule has 1 aliphatic heterocycles. The van der Waals surface area contributed by atoms with E-state index in [2.05, 4.69) is 0 Å². The lowest BCUT2D eigenvalue weighted by molar-refractivity contribution is -0.277. The van der Waals surface area contributed by atoms with E-state index in [1.807, 2.05) is 0 Å². The van der Waals surface area contributed by atoms with Crippen molar-refractivity contribution < 1.29 is 64.7 Å². The lowest BCUT2D eigenvalue weighted by atomic mass is 9.99. The van der Waals surface area contributed by atoms with Gasteiger partial charge in [0.05, 0.1) is 18.6 Å². The maximum absolute atomic E-state index is 12.5. The van der Waals surface area contributed by atoms with Crippen molar-refractivity contribution in [3.63, 3.8) is 0 Å². The Morgan fingerprint density at radius 3 is 2.24 bits per heavy atom. The van der Waals surface area contributed by atoms with Crippen LogP contribution < -0.4 is 9.47 Å². The van der Waals surface area contributed by atoms with E-state index < -0.39 is 78.7 Å². The van der Waals surface area contributed by atoms with E-state index in [1.54, 1.807) is 0 Å². The van der Waals surface area contributed by atoms with Gasteiger partial charge >= 0.3 is 11.9 Å². The molecule has 2 aromatic carbocycles. The van der Waals surface area contributed by atoms with Gasteiger partial charge in [-0.15, -0.1) is 0 Å². The standard InChI is InChI=1S/C21H22O13/c22-7-15-17(28)18(29)19(30)21(34-15)32-9-4-12(24)10(6-16(26)27)14(5-9)33-20(31)8-1-2-11(23)13(25)3-8/h1-5,15,17-19,21-25,28-30H,6-7H2,(H,26,27)/t15-,17-,18+,19-,21-/m1/s1. The Kier molecular flexibility index (Phi) is 7.44. The summed E-state index contributed by atoms with van der Waals surface area (Å²) in [6.07, 6.45) is -8.81. The molecule has 0 aromatic heterocycles. The molecule has 1 heterocycles. The maximum atomic E-state index is 12.5. The number of aliphatic carboxylic acids is 1. The fraction of sp³-hybridized carbons (Fsp3) is 0.333. The molecule has 13 nitrogen and oxygen atoms in total. The summed E-state index contributed by atoms with van der Waals surface area (Å²) in [5, 5.41) is 77.6. The fourth-order valence-electron chi connectivity index (χ4n) is 3.20. The number of benzene rings is 2. The second-order valence-electron chi connectivity index (χ2n) is 7.40. The number of carbonyl (C=O) groups is 2. The zero-order chi connectivity index (χ0) is 25.2. The highest BCUT2D eigenvalue weighted by Crippen LogP contribution is 2.36. The van der Waals surface area contributed by atoms with Crippen LogP contribution >= 0.6 is 0 Å². The first kappa shape index (κ1) is 25.0. The van der Waals surface area contributed by atoms with Gasteiger partial charge in [-0.2, -0.15) is 0 Å². The summed E-state index contributed by atoms with van der Waals surface area (Å²) in [6, 6.07) is 5.02. The maximum Gasteiger partial charge on any atom is 0.343 e. The molecule has 0 radical (unpaired) electrons. The van der Waals surface area contributed by atoms with Crippen LogP contribution in [0.3, 0.4) is 0 Å². The van der Waals surface area contributed by atoms with Crippen LogP contribution in [0.1, 0.15) is 15.9 Å². The van der Waals surface area contributed by atoms with Crippen molar-refractivity contribution in [2.75, 3.05) is 6.61 Å². The Balaban J connectivity index is 1.92. The van der Waals surface area contributed by atoms with Crippen molar-refractivity contribution in [3.8, 4) is 28.7 Å². The number of aromatic hydroxyl groups is 3. The van der Waals surface area contributed by atoms with Crippen LogP contribution in [0, 0.1) is 0 Å². The predicted octanol–water partition coefficient (Wildman–Crippen LogP) is -1.17. The van der Waals surface area contributed by atoms with E-state index in [-0.39, 0.29) is 16.9 Å².